The van der Waals surface area contributed by atoms with Crippen LogP contribution < -0.4 is 10.0 Å². The van der Waals surface area contributed by atoms with E-state index in [1.807, 2.05) is 20.8 Å². The molecule has 0 aliphatic rings. The monoisotopic (exact) mass is 288 g/mol. The van der Waals surface area contributed by atoms with Gasteiger partial charge in [0, 0.05) is 24.3 Å². The van der Waals surface area contributed by atoms with E-state index in [2.05, 4.69) is 29.0 Å². The van der Waals surface area contributed by atoms with E-state index in [9.17, 15) is 8.42 Å². The molecule has 2 N–H and O–H groups in total. The highest BCUT2D eigenvalue weighted by Crippen LogP contribution is 2.11. The Kier molecular flexibility index (Phi) is 5.11. The Balaban J connectivity index is 2.68. The Morgan fingerprint density at radius 3 is 2.53 bits per heavy atom. The van der Waals surface area contributed by atoms with Gasteiger partial charge in [-0.2, -0.15) is 5.10 Å². The Morgan fingerprint density at radius 1 is 1.37 bits per heavy atom. The van der Waals surface area contributed by atoms with Crippen molar-refractivity contribution >= 4 is 10.0 Å². The van der Waals surface area contributed by atoms with E-state index in [0.29, 0.717) is 12.6 Å². The van der Waals surface area contributed by atoms with Crippen LogP contribution >= 0.6 is 0 Å². The van der Waals surface area contributed by atoms with Gasteiger partial charge in [-0.1, -0.05) is 13.8 Å². The van der Waals surface area contributed by atoms with Crippen molar-refractivity contribution in [3.63, 3.8) is 0 Å². The SMILES string of the molecule is CC(C)NCCn1cc(S(=O)(=O)NC(C)(C)C)cn1. The maximum atomic E-state index is 12.1. The van der Waals surface area contributed by atoms with Crippen molar-refractivity contribution in [2.24, 2.45) is 0 Å². The molecule has 0 saturated heterocycles. The fourth-order valence-electron chi connectivity index (χ4n) is 1.54. The van der Waals surface area contributed by atoms with Crippen LogP contribution in [0.25, 0.3) is 0 Å². The molecule has 0 aliphatic carbocycles. The van der Waals surface area contributed by atoms with E-state index in [1.165, 1.54) is 6.20 Å². The molecular weight excluding hydrogens is 264 g/mol. The second-order valence-electron chi connectivity index (χ2n) is 5.90. The molecule has 1 rings (SSSR count). The average Bonchev–Trinajstić information content (AvgIpc) is 2.62. The third-order valence-corrected chi connectivity index (χ3v) is 3.97. The van der Waals surface area contributed by atoms with Crippen LogP contribution in [0.4, 0.5) is 0 Å². The van der Waals surface area contributed by atoms with E-state index >= 15 is 0 Å². The summed E-state index contributed by atoms with van der Waals surface area (Å²) in [5.41, 5.74) is -0.500. The zero-order valence-electron chi connectivity index (χ0n) is 12.3. The van der Waals surface area contributed by atoms with Crippen LogP contribution in [0.5, 0.6) is 0 Å². The predicted molar refractivity (Wildman–Crippen MR) is 75.4 cm³/mol. The van der Waals surface area contributed by atoms with Crippen molar-refractivity contribution < 1.29 is 8.42 Å². The van der Waals surface area contributed by atoms with Crippen LogP contribution in [0.1, 0.15) is 34.6 Å². The van der Waals surface area contributed by atoms with Crippen molar-refractivity contribution in [3.8, 4) is 0 Å². The summed E-state index contributed by atoms with van der Waals surface area (Å²) >= 11 is 0. The normalized spacial score (nSPS) is 13.2. The number of sulfonamides is 1. The molecule has 0 fully saturated rings. The first-order valence-corrected chi connectivity index (χ1v) is 7.88. The largest absolute Gasteiger partial charge is 0.313 e. The average molecular weight is 288 g/mol. The molecule has 7 heteroatoms. The quantitative estimate of drug-likeness (QED) is 0.817. The molecule has 110 valence electrons. The molecule has 0 amide bonds. The summed E-state index contributed by atoms with van der Waals surface area (Å²) in [5.74, 6) is 0. The summed E-state index contributed by atoms with van der Waals surface area (Å²) in [5, 5.41) is 7.32. The first-order chi connectivity index (χ1) is 8.60. The number of nitrogens with one attached hydrogen (secondary N) is 2. The van der Waals surface area contributed by atoms with Gasteiger partial charge in [-0.25, -0.2) is 13.1 Å². The lowest BCUT2D eigenvalue weighted by Gasteiger charge is -2.19. The lowest BCUT2D eigenvalue weighted by atomic mass is 10.1. The predicted octanol–water partition coefficient (Wildman–Crippen LogP) is 0.958. The highest BCUT2D eigenvalue weighted by Gasteiger charge is 2.23. The van der Waals surface area contributed by atoms with Gasteiger partial charge in [-0.3, -0.25) is 4.68 Å². The Labute approximate surface area is 115 Å². The van der Waals surface area contributed by atoms with Crippen LogP contribution in [0.3, 0.4) is 0 Å². The van der Waals surface area contributed by atoms with E-state index in [1.54, 1.807) is 10.9 Å². The summed E-state index contributed by atoms with van der Waals surface area (Å²) in [6.45, 7) is 10.9. The van der Waals surface area contributed by atoms with Crippen LogP contribution in [-0.2, 0) is 16.6 Å². The number of hydrogen-bond acceptors (Lipinski definition) is 4. The van der Waals surface area contributed by atoms with Crippen molar-refractivity contribution in [2.75, 3.05) is 6.54 Å². The minimum Gasteiger partial charge on any atom is -0.313 e. The van der Waals surface area contributed by atoms with Gasteiger partial charge in [0.2, 0.25) is 10.0 Å². The zero-order chi connectivity index (χ0) is 14.7. The molecule has 0 aliphatic heterocycles. The van der Waals surface area contributed by atoms with E-state index in [4.69, 9.17) is 0 Å². The minimum atomic E-state index is -3.49. The van der Waals surface area contributed by atoms with Gasteiger partial charge in [-0.05, 0) is 20.8 Å². The molecular formula is C12H24N4O2S. The topological polar surface area (TPSA) is 76.0 Å². The van der Waals surface area contributed by atoms with Crippen molar-refractivity contribution in [1.82, 2.24) is 19.8 Å². The fraction of sp³-hybridized carbons (Fsp3) is 0.750. The van der Waals surface area contributed by atoms with Gasteiger partial charge in [0.1, 0.15) is 4.90 Å². The molecule has 0 atom stereocenters. The first-order valence-electron chi connectivity index (χ1n) is 6.40. The smallest absolute Gasteiger partial charge is 0.244 e. The second-order valence-corrected chi connectivity index (χ2v) is 7.59. The lowest BCUT2D eigenvalue weighted by molar-refractivity contribution is 0.491. The van der Waals surface area contributed by atoms with Gasteiger partial charge in [0.15, 0.2) is 0 Å². The minimum absolute atomic E-state index is 0.201. The lowest BCUT2D eigenvalue weighted by Crippen LogP contribution is -2.40. The second kappa shape index (κ2) is 6.02. The van der Waals surface area contributed by atoms with Crippen molar-refractivity contribution in [2.45, 2.75) is 57.6 Å². The highest BCUT2D eigenvalue weighted by atomic mass is 32.2. The molecule has 0 aromatic carbocycles. The standard InChI is InChI=1S/C12H24N4O2S/c1-10(2)13-6-7-16-9-11(8-14-16)19(17,18)15-12(3,4)5/h8-10,13,15H,6-7H2,1-5H3. The molecule has 0 spiro atoms. The third-order valence-electron chi connectivity index (χ3n) is 2.25. The molecule has 0 saturated carbocycles. The molecule has 6 nitrogen and oxygen atoms in total. The molecule has 19 heavy (non-hydrogen) atoms. The Morgan fingerprint density at radius 2 is 2.00 bits per heavy atom. The van der Waals surface area contributed by atoms with Gasteiger partial charge in [0.25, 0.3) is 0 Å². The number of nitrogens with zero attached hydrogens (tertiary/aromatic N) is 2. The maximum absolute atomic E-state index is 12.1. The molecule has 1 aromatic rings. The maximum Gasteiger partial charge on any atom is 0.244 e. The van der Waals surface area contributed by atoms with Crippen LogP contribution in [0.15, 0.2) is 17.3 Å². The van der Waals surface area contributed by atoms with Gasteiger partial charge < -0.3 is 5.32 Å². The number of rotatable bonds is 6. The van der Waals surface area contributed by atoms with E-state index in [0.717, 1.165) is 6.54 Å². The summed E-state index contributed by atoms with van der Waals surface area (Å²) in [6.07, 6.45) is 2.93. The van der Waals surface area contributed by atoms with E-state index in [-0.39, 0.29) is 4.90 Å². The Bertz CT molecular complexity index is 500. The zero-order valence-corrected chi connectivity index (χ0v) is 13.1. The number of hydrogen-bond donors (Lipinski definition) is 2. The third kappa shape index (κ3) is 5.71. The molecule has 0 bridgehead atoms. The van der Waals surface area contributed by atoms with Gasteiger partial charge in [0.05, 0.1) is 12.7 Å². The van der Waals surface area contributed by atoms with Gasteiger partial charge in [-0.15, -0.1) is 0 Å². The van der Waals surface area contributed by atoms with Crippen molar-refractivity contribution in [3.05, 3.63) is 12.4 Å². The molecule has 1 heterocycles. The summed E-state index contributed by atoms with van der Waals surface area (Å²) in [4.78, 5) is 0.201. The van der Waals surface area contributed by atoms with Gasteiger partial charge >= 0.3 is 0 Å². The molecule has 0 radical (unpaired) electrons. The van der Waals surface area contributed by atoms with Crippen LogP contribution in [0.2, 0.25) is 0 Å². The van der Waals surface area contributed by atoms with Crippen LogP contribution in [0, 0.1) is 0 Å². The van der Waals surface area contributed by atoms with Crippen LogP contribution in [-0.4, -0.2) is 36.3 Å². The Hall–Kier alpha value is -0.920. The van der Waals surface area contributed by atoms with Crippen molar-refractivity contribution in [1.29, 1.82) is 0 Å². The molecule has 1 aromatic heterocycles. The summed E-state index contributed by atoms with van der Waals surface area (Å²) in [6, 6.07) is 0.404. The van der Waals surface area contributed by atoms with E-state index < -0.39 is 15.6 Å². The summed E-state index contributed by atoms with van der Waals surface area (Å²) in [7, 11) is -3.49. The first kappa shape index (κ1) is 16.1. The highest BCUT2D eigenvalue weighted by molar-refractivity contribution is 7.89. The fourth-order valence-corrected chi connectivity index (χ4v) is 2.91. The summed E-state index contributed by atoms with van der Waals surface area (Å²) < 4.78 is 28.4. The number of aromatic nitrogens is 2. The molecule has 0 unspecified atom stereocenters.